The Balaban J connectivity index is 2.06. The van der Waals surface area contributed by atoms with Gasteiger partial charge in [0.25, 0.3) is 5.91 Å². The molecule has 126 valence electrons. The maximum absolute atomic E-state index is 12.2. The van der Waals surface area contributed by atoms with Crippen LogP contribution in [-0.2, 0) is 9.53 Å². The number of rotatable bonds is 4. The molecular formula is C18H18ClNO4. The summed E-state index contributed by atoms with van der Waals surface area (Å²) < 4.78 is 5.12. The second-order valence-electron chi connectivity index (χ2n) is 5.47. The summed E-state index contributed by atoms with van der Waals surface area (Å²) in [6.07, 6.45) is -1.03. The molecule has 2 rings (SSSR count). The Morgan fingerprint density at radius 1 is 1.21 bits per heavy atom. The van der Waals surface area contributed by atoms with Crippen molar-refractivity contribution < 1.29 is 19.4 Å². The van der Waals surface area contributed by atoms with Crippen LogP contribution in [0, 0.1) is 13.8 Å². The van der Waals surface area contributed by atoms with Crippen molar-refractivity contribution in [3.8, 4) is 5.75 Å². The fraction of sp³-hybridized carbons (Fsp3) is 0.222. The van der Waals surface area contributed by atoms with E-state index in [4.69, 9.17) is 16.3 Å². The van der Waals surface area contributed by atoms with E-state index in [9.17, 15) is 14.7 Å². The first kappa shape index (κ1) is 17.8. The minimum Gasteiger partial charge on any atom is -0.507 e. The van der Waals surface area contributed by atoms with E-state index >= 15 is 0 Å². The largest absolute Gasteiger partial charge is 0.507 e. The Labute approximate surface area is 145 Å². The third-order valence-corrected chi connectivity index (χ3v) is 3.96. The molecule has 0 bridgehead atoms. The van der Waals surface area contributed by atoms with Crippen LogP contribution in [0.15, 0.2) is 36.4 Å². The number of hydrogen-bond acceptors (Lipinski definition) is 4. The number of ether oxygens (including phenoxy) is 1. The van der Waals surface area contributed by atoms with Crippen LogP contribution < -0.4 is 5.32 Å². The number of aryl methyl sites for hydroxylation is 1. The number of aromatic hydroxyl groups is 1. The van der Waals surface area contributed by atoms with Gasteiger partial charge >= 0.3 is 5.97 Å². The van der Waals surface area contributed by atoms with Crippen molar-refractivity contribution in [2.45, 2.75) is 26.9 Å². The van der Waals surface area contributed by atoms with Crippen LogP contribution in [0.5, 0.6) is 5.75 Å². The SMILES string of the molecule is Cc1ccc(C(=O)O[C@@H](C)C(=O)Nc2cccc(Cl)c2C)c(O)c1. The normalized spacial score (nSPS) is 11.7. The quantitative estimate of drug-likeness (QED) is 0.824. The maximum atomic E-state index is 12.2. The number of anilines is 1. The molecule has 0 aliphatic heterocycles. The zero-order valence-electron chi connectivity index (χ0n) is 13.6. The molecule has 1 atom stereocenters. The van der Waals surface area contributed by atoms with Gasteiger partial charge in [-0.25, -0.2) is 4.79 Å². The Morgan fingerprint density at radius 2 is 1.92 bits per heavy atom. The number of halogens is 1. The molecule has 1 amide bonds. The topological polar surface area (TPSA) is 75.6 Å². The van der Waals surface area contributed by atoms with Crippen LogP contribution in [0.1, 0.15) is 28.4 Å². The van der Waals surface area contributed by atoms with Gasteiger partial charge in [-0.2, -0.15) is 0 Å². The smallest absolute Gasteiger partial charge is 0.342 e. The molecule has 0 aliphatic rings. The third-order valence-electron chi connectivity index (χ3n) is 3.55. The molecule has 0 saturated carbocycles. The fourth-order valence-electron chi connectivity index (χ4n) is 2.07. The predicted octanol–water partition coefficient (Wildman–Crippen LogP) is 3.85. The average molecular weight is 348 g/mol. The van der Waals surface area contributed by atoms with E-state index in [0.29, 0.717) is 10.7 Å². The van der Waals surface area contributed by atoms with Crippen LogP contribution >= 0.6 is 11.6 Å². The minimum absolute atomic E-state index is 0.0131. The summed E-state index contributed by atoms with van der Waals surface area (Å²) in [7, 11) is 0. The van der Waals surface area contributed by atoms with Gasteiger partial charge in [0.1, 0.15) is 11.3 Å². The molecule has 0 fully saturated rings. The molecule has 0 spiro atoms. The van der Waals surface area contributed by atoms with Gasteiger partial charge in [-0.1, -0.05) is 23.7 Å². The fourth-order valence-corrected chi connectivity index (χ4v) is 2.24. The lowest BCUT2D eigenvalue weighted by Gasteiger charge is -2.15. The maximum Gasteiger partial charge on any atom is 0.342 e. The number of esters is 1. The number of hydrogen-bond donors (Lipinski definition) is 2. The highest BCUT2D eigenvalue weighted by Crippen LogP contribution is 2.23. The van der Waals surface area contributed by atoms with E-state index in [0.717, 1.165) is 11.1 Å². The lowest BCUT2D eigenvalue weighted by Crippen LogP contribution is -2.30. The molecular weight excluding hydrogens is 330 g/mol. The van der Waals surface area contributed by atoms with Crippen molar-refractivity contribution in [2.24, 2.45) is 0 Å². The third kappa shape index (κ3) is 4.06. The number of carbonyl (C=O) groups excluding carboxylic acids is 2. The van der Waals surface area contributed by atoms with Gasteiger partial charge in [-0.05, 0) is 56.2 Å². The van der Waals surface area contributed by atoms with Crippen molar-refractivity contribution in [3.05, 3.63) is 58.1 Å². The number of benzene rings is 2. The van der Waals surface area contributed by atoms with Gasteiger partial charge in [-0.3, -0.25) is 4.79 Å². The number of nitrogens with one attached hydrogen (secondary N) is 1. The van der Waals surface area contributed by atoms with Crippen LogP contribution in [0.2, 0.25) is 5.02 Å². The number of phenols is 1. The van der Waals surface area contributed by atoms with Crippen LogP contribution in [0.3, 0.4) is 0 Å². The summed E-state index contributed by atoms with van der Waals surface area (Å²) in [5.41, 5.74) is 2.10. The monoisotopic (exact) mass is 347 g/mol. The minimum atomic E-state index is -1.03. The van der Waals surface area contributed by atoms with Gasteiger partial charge in [0, 0.05) is 10.7 Å². The van der Waals surface area contributed by atoms with Gasteiger partial charge in [0.2, 0.25) is 0 Å². The summed E-state index contributed by atoms with van der Waals surface area (Å²) in [5.74, 6) is -1.43. The van der Waals surface area contributed by atoms with Crippen LogP contribution in [-0.4, -0.2) is 23.1 Å². The summed E-state index contributed by atoms with van der Waals surface area (Å²) in [6.45, 7) is 5.02. The number of phenolic OH excluding ortho intramolecular Hbond substituents is 1. The van der Waals surface area contributed by atoms with E-state index in [1.165, 1.54) is 19.1 Å². The zero-order valence-corrected chi connectivity index (χ0v) is 14.3. The molecule has 2 N–H and O–H groups in total. The molecule has 0 aromatic heterocycles. The van der Waals surface area contributed by atoms with Gasteiger partial charge in [-0.15, -0.1) is 0 Å². The van der Waals surface area contributed by atoms with Crippen molar-refractivity contribution >= 4 is 29.2 Å². The van der Waals surface area contributed by atoms with E-state index in [1.807, 2.05) is 0 Å². The molecule has 2 aromatic rings. The number of carbonyl (C=O) groups is 2. The van der Waals surface area contributed by atoms with Crippen molar-refractivity contribution in [2.75, 3.05) is 5.32 Å². The van der Waals surface area contributed by atoms with Gasteiger partial charge < -0.3 is 15.2 Å². The molecule has 6 heteroatoms. The molecule has 0 aliphatic carbocycles. The average Bonchev–Trinajstić information content (AvgIpc) is 2.51. The summed E-state index contributed by atoms with van der Waals surface area (Å²) in [4.78, 5) is 24.3. The molecule has 5 nitrogen and oxygen atoms in total. The van der Waals surface area contributed by atoms with Crippen LogP contribution in [0.25, 0.3) is 0 Å². The lowest BCUT2D eigenvalue weighted by molar-refractivity contribution is -0.123. The lowest BCUT2D eigenvalue weighted by atomic mass is 10.1. The first-order chi connectivity index (χ1) is 11.3. The standard InChI is InChI=1S/C18H18ClNO4/c1-10-7-8-13(16(21)9-10)18(23)24-12(3)17(22)20-15-6-4-5-14(19)11(15)2/h4-9,12,21H,1-3H3,(H,20,22)/t12-/m0/s1. The Morgan fingerprint density at radius 3 is 2.58 bits per heavy atom. The first-order valence-electron chi connectivity index (χ1n) is 7.36. The highest BCUT2D eigenvalue weighted by Gasteiger charge is 2.21. The first-order valence-corrected chi connectivity index (χ1v) is 7.74. The van der Waals surface area contributed by atoms with Crippen molar-refractivity contribution in [1.82, 2.24) is 0 Å². The summed E-state index contributed by atoms with van der Waals surface area (Å²) in [5, 5.41) is 13.0. The summed E-state index contributed by atoms with van der Waals surface area (Å²) >= 11 is 6.01. The zero-order chi connectivity index (χ0) is 17.9. The van der Waals surface area contributed by atoms with E-state index in [2.05, 4.69) is 5.32 Å². The van der Waals surface area contributed by atoms with E-state index in [1.54, 1.807) is 38.1 Å². The predicted molar refractivity (Wildman–Crippen MR) is 92.5 cm³/mol. The second-order valence-corrected chi connectivity index (χ2v) is 5.88. The Kier molecular flexibility index (Phi) is 5.46. The molecule has 0 unspecified atom stereocenters. The summed E-state index contributed by atoms with van der Waals surface area (Å²) in [6, 6.07) is 9.73. The molecule has 0 saturated heterocycles. The molecule has 24 heavy (non-hydrogen) atoms. The van der Waals surface area contributed by atoms with Crippen molar-refractivity contribution in [3.63, 3.8) is 0 Å². The Hall–Kier alpha value is -2.53. The highest BCUT2D eigenvalue weighted by atomic mass is 35.5. The van der Waals surface area contributed by atoms with Crippen molar-refractivity contribution in [1.29, 1.82) is 0 Å². The Bertz CT molecular complexity index is 789. The molecule has 2 aromatic carbocycles. The van der Waals surface area contributed by atoms with Gasteiger partial charge in [0.15, 0.2) is 6.10 Å². The van der Waals surface area contributed by atoms with Gasteiger partial charge in [0.05, 0.1) is 0 Å². The highest BCUT2D eigenvalue weighted by molar-refractivity contribution is 6.31. The van der Waals surface area contributed by atoms with E-state index < -0.39 is 18.0 Å². The molecule has 0 heterocycles. The number of amides is 1. The second kappa shape index (κ2) is 7.36. The van der Waals surface area contributed by atoms with E-state index in [-0.39, 0.29) is 11.3 Å². The molecule has 0 radical (unpaired) electrons. The van der Waals surface area contributed by atoms with Crippen LogP contribution in [0.4, 0.5) is 5.69 Å².